The van der Waals surface area contributed by atoms with Gasteiger partial charge in [0.05, 0.1) is 12.1 Å². The Bertz CT molecular complexity index is 656. The Hall–Kier alpha value is -2.20. The lowest BCUT2D eigenvalue weighted by molar-refractivity contribution is -0.136. The molecule has 0 fully saturated rings. The van der Waals surface area contributed by atoms with Crippen LogP contribution in [0.2, 0.25) is 5.02 Å². The van der Waals surface area contributed by atoms with Crippen molar-refractivity contribution in [1.29, 1.82) is 0 Å². The first-order valence-corrected chi connectivity index (χ1v) is 6.39. The number of aliphatic carboxylic acids is 1. The summed E-state index contributed by atoms with van der Waals surface area (Å²) in [5.74, 6) is -0.000793. The Morgan fingerprint density at radius 1 is 1.30 bits per heavy atom. The molecule has 0 spiro atoms. The smallest absolute Gasteiger partial charge is 0.307 e. The second kappa shape index (κ2) is 5.84. The second-order valence-corrected chi connectivity index (χ2v) is 4.78. The van der Waals surface area contributed by atoms with Crippen LogP contribution in [0.1, 0.15) is 11.1 Å². The average molecular weight is 292 g/mol. The number of hydrogen-bond acceptors (Lipinski definition) is 3. The maximum Gasteiger partial charge on any atom is 0.307 e. The van der Waals surface area contributed by atoms with Crippen molar-refractivity contribution in [3.63, 3.8) is 0 Å². The molecule has 2 aromatic rings. The van der Waals surface area contributed by atoms with E-state index < -0.39 is 5.97 Å². The number of benzene rings is 2. The van der Waals surface area contributed by atoms with E-state index in [4.69, 9.17) is 27.2 Å². The lowest BCUT2D eigenvalue weighted by atomic mass is 10.1. The highest BCUT2D eigenvalue weighted by molar-refractivity contribution is 6.31. The fourth-order valence-electron chi connectivity index (χ4n) is 1.85. The van der Waals surface area contributed by atoms with Crippen LogP contribution in [0.15, 0.2) is 36.4 Å². The first-order chi connectivity index (χ1) is 9.49. The zero-order valence-corrected chi connectivity index (χ0v) is 11.6. The molecule has 0 aromatic heterocycles. The first-order valence-electron chi connectivity index (χ1n) is 6.01. The van der Waals surface area contributed by atoms with E-state index in [-0.39, 0.29) is 6.42 Å². The van der Waals surface area contributed by atoms with Crippen LogP contribution in [0.3, 0.4) is 0 Å². The summed E-state index contributed by atoms with van der Waals surface area (Å²) in [7, 11) is 0. The Labute approximate surface area is 121 Å². The molecule has 104 valence electrons. The molecule has 0 aliphatic carbocycles. The van der Waals surface area contributed by atoms with Crippen LogP contribution < -0.4 is 10.5 Å². The number of ether oxygens (including phenoxy) is 1. The number of carboxylic acids is 1. The van der Waals surface area contributed by atoms with E-state index in [2.05, 4.69) is 0 Å². The van der Waals surface area contributed by atoms with Crippen molar-refractivity contribution >= 4 is 23.3 Å². The minimum atomic E-state index is -0.920. The Morgan fingerprint density at radius 2 is 2.00 bits per heavy atom. The van der Waals surface area contributed by atoms with Crippen molar-refractivity contribution in [2.75, 3.05) is 5.73 Å². The average Bonchev–Trinajstić information content (AvgIpc) is 2.40. The summed E-state index contributed by atoms with van der Waals surface area (Å²) >= 11 is 6.05. The number of carboxylic acid groups (broad SMARTS) is 1. The minimum absolute atomic E-state index is 0.115. The lowest BCUT2D eigenvalue weighted by Crippen LogP contribution is -2.03. The monoisotopic (exact) mass is 291 g/mol. The van der Waals surface area contributed by atoms with E-state index >= 15 is 0 Å². The van der Waals surface area contributed by atoms with Crippen molar-refractivity contribution in [1.82, 2.24) is 0 Å². The molecule has 0 saturated heterocycles. The molecular formula is C15H14ClNO3. The number of nitrogens with two attached hydrogens (primary N) is 1. The molecule has 0 heterocycles. The Balaban J connectivity index is 2.40. The van der Waals surface area contributed by atoms with E-state index in [9.17, 15) is 4.79 Å². The number of carbonyl (C=O) groups is 1. The molecule has 0 amide bonds. The Morgan fingerprint density at radius 3 is 2.70 bits per heavy atom. The highest BCUT2D eigenvalue weighted by Gasteiger charge is 2.13. The molecule has 0 aliphatic rings. The molecule has 0 unspecified atom stereocenters. The number of halogens is 1. The van der Waals surface area contributed by atoms with Crippen LogP contribution in [-0.2, 0) is 11.2 Å². The van der Waals surface area contributed by atoms with E-state index in [1.54, 1.807) is 43.3 Å². The molecule has 0 bridgehead atoms. The quantitative estimate of drug-likeness (QED) is 0.843. The van der Waals surface area contributed by atoms with Crippen LogP contribution in [0.4, 0.5) is 5.69 Å². The normalized spacial score (nSPS) is 10.3. The SMILES string of the molecule is Cc1c(Cl)ccc(N)c1Oc1ccccc1CC(=O)O. The van der Waals surface area contributed by atoms with Crippen molar-refractivity contribution in [3.05, 3.63) is 52.5 Å². The molecular weight excluding hydrogens is 278 g/mol. The fourth-order valence-corrected chi connectivity index (χ4v) is 2.00. The first kappa shape index (κ1) is 14.2. The maximum absolute atomic E-state index is 10.9. The largest absolute Gasteiger partial charge is 0.481 e. The van der Waals surface area contributed by atoms with Gasteiger partial charge < -0.3 is 15.6 Å². The maximum atomic E-state index is 10.9. The molecule has 0 atom stereocenters. The van der Waals surface area contributed by atoms with Gasteiger partial charge in [0.15, 0.2) is 5.75 Å². The standard InChI is InChI=1S/C15H14ClNO3/c1-9-11(16)6-7-12(17)15(9)20-13-5-3-2-4-10(13)8-14(18)19/h2-7H,8,17H2,1H3,(H,18,19). The lowest BCUT2D eigenvalue weighted by Gasteiger charge is -2.14. The molecule has 0 saturated carbocycles. The summed E-state index contributed by atoms with van der Waals surface area (Å²) in [6.45, 7) is 1.80. The summed E-state index contributed by atoms with van der Waals surface area (Å²) in [5.41, 5.74) is 7.65. The summed E-state index contributed by atoms with van der Waals surface area (Å²) < 4.78 is 5.78. The highest BCUT2D eigenvalue weighted by Crippen LogP contribution is 2.36. The van der Waals surface area contributed by atoms with Gasteiger partial charge in [-0.3, -0.25) is 4.79 Å². The fraction of sp³-hybridized carbons (Fsp3) is 0.133. The molecule has 2 rings (SSSR count). The Kier molecular flexibility index (Phi) is 4.15. The van der Waals surface area contributed by atoms with Crippen LogP contribution in [0, 0.1) is 6.92 Å². The van der Waals surface area contributed by atoms with Gasteiger partial charge in [-0.1, -0.05) is 29.8 Å². The van der Waals surface area contributed by atoms with E-state index in [1.165, 1.54) is 0 Å². The zero-order valence-electron chi connectivity index (χ0n) is 10.9. The second-order valence-electron chi connectivity index (χ2n) is 4.37. The van der Waals surface area contributed by atoms with Gasteiger partial charge in [0.1, 0.15) is 5.75 Å². The van der Waals surface area contributed by atoms with Crippen LogP contribution >= 0.6 is 11.6 Å². The van der Waals surface area contributed by atoms with Gasteiger partial charge in [-0.15, -0.1) is 0 Å². The molecule has 2 aromatic carbocycles. The predicted octanol–water partition coefficient (Wildman–Crippen LogP) is 3.65. The zero-order chi connectivity index (χ0) is 14.7. The van der Waals surface area contributed by atoms with Crippen molar-refractivity contribution in [2.45, 2.75) is 13.3 Å². The van der Waals surface area contributed by atoms with Crippen molar-refractivity contribution in [3.8, 4) is 11.5 Å². The predicted molar refractivity (Wildman–Crippen MR) is 78.5 cm³/mol. The third kappa shape index (κ3) is 3.03. The molecule has 5 heteroatoms. The van der Waals surface area contributed by atoms with Gasteiger partial charge in [0.2, 0.25) is 0 Å². The number of anilines is 1. The summed E-state index contributed by atoms with van der Waals surface area (Å²) in [6, 6.07) is 10.3. The third-order valence-electron chi connectivity index (χ3n) is 2.90. The van der Waals surface area contributed by atoms with E-state index in [1.807, 2.05) is 0 Å². The number of rotatable bonds is 4. The molecule has 4 nitrogen and oxygen atoms in total. The van der Waals surface area contributed by atoms with Crippen LogP contribution in [-0.4, -0.2) is 11.1 Å². The molecule has 0 radical (unpaired) electrons. The summed E-state index contributed by atoms with van der Waals surface area (Å²) in [5, 5.41) is 9.46. The highest BCUT2D eigenvalue weighted by atomic mass is 35.5. The van der Waals surface area contributed by atoms with Gasteiger partial charge in [-0.25, -0.2) is 0 Å². The van der Waals surface area contributed by atoms with Gasteiger partial charge in [0.25, 0.3) is 0 Å². The third-order valence-corrected chi connectivity index (χ3v) is 3.31. The van der Waals surface area contributed by atoms with Crippen molar-refractivity contribution < 1.29 is 14.6 Å². The minimum Gasteiger partial charge on any atom is -0.481 e. The summed E-state index contributed by atoms with van der Waals surface area (Å²) in [4.78, 5) is 10.9. The van der Waals surface area contributed by atoms with Gasteiger partial charge in [-0.2, -0.15) is 0 Å². The van der Waals surface area contributed by atoms with Gasteiger partial charge >= 0.3 is 5.97 Å². The molecule has 3 N–H and O–H groups in total. The molecule has 20 heavy (non-hydrogen) atoms. The van der Waals surface area contributed by atoms with E-state index in [0.717, 1.165) is 5.56 Å². The van der Waals surface area contributed by atoms with Gasteiger partial charge in [-0.05, 0) is 25.1 Å². The summed E-state index contributed by atoms with van der Waals surface area (Å²) in [6.07, 6.45) is -0.115. The molecule has 0 aliphatic heterocycles. The topological polar surface area (TPSA) is 72.5 Å². The van der Waals surface area contributed by atoms with Crippen molar-refractivity contribution in [2.24, 2.45) is 0 Å². The van der Waals surface area contributed by atoms with E-state index in [0.29, 0.717) is 27.8 Å². The number of nitrogen functional groups attached to an aromatic ring is 1. The van der Waals surface area contributed by atoms with Gasteiger partial charge in [0, 0.05) is 16.1 Å². The van der Waals surface area contributed by atoms with Crippen LogP contribution in [0.25, 0.3) is 0 Å². The number of para-hydroxylation sites is 1. The van der Waals surface area contributed by atoms with Crippen LogP contribution in [0.5, 0.6) is 11.5 Å². The number of hydrogen-bond donors (Lipinski definition) is 2.